The summed E-state index contributed by atoms with van der Waals surface area (Å²) in [7, 11) is 0. The van der Waals surface area contributed by atoms with Crippen molar-refractivity contribution >= 4 is 0 Å². The average Bonchev–Trinajstić information content (AvgIpc) is 2.27. The molecule has 0 heterocycles. The zero-order valence-electron chi connectivity index (χ0n) is 11.0. The van der Waals surface area contributed by atoms with Crippen molar-refractivity contribution in [3.63, 3.8) is 0 Å². The Balaban J connectivity index is 2.51. The minimum absolute atomic E-state index is 0.230. The first-order chi connectivity index (χ1) is 8.49. The number of nitrogens with two attached hydrogens (primary N) is 1. The largest absolute Gasteiger partial charge is 0.320 e. The monoisotopic (exact) mass is 243 g/mol. The highest BCUT2D eigenvalue weighted by Crippen LogP contribution is 2.26. The number of aryl methyl sites for hydroxylation is 3. The summed E-state index contributed by atoms with van der Waals surface area (Å²) in [5.74, 6) is -0.230. The van der Waals surface area contributed by atoms with Gasteiger partial charge in [0.15, 0.2) is 0 Å². The Kier molecular flexibility index (Phi) is 3.48. The van der Waals surface area contributed by atoms with Gasteiger partial charge < -0.3 is 5.73 Å². The van der Waals surface area contributed by atoms with Crippen molar-refractivity contribution < 1.29 is 4.39 Å². The normalized spacial score (nSPS) is 12.5. The molecule has 1 atom stereocenters. The molecular weight excluding hydrogens is 225 g/mol. The van der Waals surface area contributed by atoms with E-state index in [-0.39, 0.29) is 11.9 Å². The van der Waals surface area contributed by atoms with Crippen LogP contribution in [0.2, 0.25) is 0 Å². The molecule has 0 amide bonds. The van der Waals surface area contributed by atoms with Crippen molar-refractivity contribution in [1.29, 1.82) is 0 Å². The Morgan fingerprint density at radius 3 is 2.17 bits per heavy atom. The summed E-state index contributed by atoms with van der Waals surface area (Å²) in [6.07, 6.45) is 0. The molecule has 0 radical (unpaired) electrons. The molecule has 0 fully saturated rings. The van der Waals surface area contributed by atoms with Crippen molar-refractivity contribution in [2.45, 2.75) is 26.8 Å². The van der Waals surface area contributed by atoms with E-state index in [1.165, 1.54) is 12.1 Å². The number of rotatable bonds is 2. The van der Waals surface area contributed by atoms with Crippen LogP contribution in [-0.2, 0) is 0 Å². The van der Waals surface area contributed by atoms with Crippen molar-refractivity contribution in [2.24, 2.45) is 5.73 Å². The van der Waals surface area contributed by atoms with Crippen LogP contribution in [0.4, 0.5) is 4.39 Å². The molecule has 94 valence electrons. The van der Waals surface area contributed by atoms with E-state index in [4.69, 9.17) is 5.73 Å². The van der Waals surface area contributed by atoms with E-state index in [1.54, 1.807) is 0 Å². The maximum Gasteiger partial charge on any atom is 0.123 e. The topological polar surface area (TPSA) is 26.0 Å². The molecule has 0 spiro atoms. The molecular formula is C16H18FN. The highest BCUT2D eigenvalue weighted by molar-refractivity contribution is 5.42. The fourth-order valence-electron chi connectivity index (χ4n) is 2.43. The highest BCUT2D eigenvalue weighted by atomic mass is 19.1. The third kappa shape index (κ3) is 2.44. The van der Waals surface area contributed by atoms with Gasteiger partial charge in [-0.25, -0.2) is 4.39 Å². The molecule has 18 heavy (non-hydrogen) atoms. The molecule has 0 aliphatic carbocycles. The van der Waals surface area contributed by atoms with Gasteiger partial charge in [-0.1, -0.05) is 24.3 Å². The summed E-state index contributed by atoms with van der Waals surface area (Å²) in [5, 5.41) is 0. The summed E-state index contributed by atoms with van der Waals surface area (Å²) in [6, 6.07) is 10.8. The Bertz CT molecular complexity index is 535. The average molecular weight is 243 g/mol. The zero-order valence-corrected chi connectivity index (χ0v) is 11.0. The Morgan fingerprint density at radius 2 is 1.61 bits per heavy atom. The van der Waals surface area contributed by atoms with Gasteiger partial charge in [0, 0.05) is 0 Å². The van der Waals surface area contributed by atoms with Crippen LogP contribution in [0.1, 0.15) is 33.9 Å². The molecule has 2 heteroatoms. The van der Waals surface area contributed by atoms with Crippen LogP contribution >= 0.6 is 0 Å². The maximum atomic E-state index is 13.4. The molecule has 0 aliphatic heterocycles. The molecule has 2 aromatic rings. The van der Waals surface area contributed by atoms with E-state index in [0.29, 0.717) is 0 Å². The van der Waals surface area contributed by atoms with Gasteiger partial charge in [-0.05, 0) is 60.7 Å². The predicted molar refractivity (Wildman–Crippen MR) is 73.1 cm³/mol. The molecule has 0 saturated heterocycles. The lowest BCUT2D eigenvalue weighted by Gasteiger charge is -2.18. The smallest absolute Gasteiger partial charge is 0.123 e. The summed E-state index contributed by atoms with van der Waals surface area (Å²) < 4.78 is 13.4. The maximum absolute atomic E-state index is 13.4. The third-order valence-corrected chi connectivity index (χ3v) is 3.28. The second-order valence-electron chi connectivity index (χ2n) is 4.85. The molecule has 0 saturated carbocycles. The van der Waals surface area contributed by atoms with Crippen LogP contribution in [0, 0.1) is 26.6 Å². The van der Waals surface area contributed by atoms with Crippen LogP contribution in [0.5, 0.6) is 0 Å². The Hall–Kier alpha value is -1.67. The van der Waals surface area contributed by atoms with Crippen LogP contribution in [0.25, 0.3) is 0 Å². The molecule has 0 aromatic heterocycles. The summed E-state index contributed by atoms with van der Waals surface area (Å²) in [4.78, 5) is 0. The van der Waals surface area contributed by atoms with Gasteiger partial charge in [0.1, 0.15) is 5.82 Å². The fraction of sp³-hybridized carbons (Fsp3) is 0.250. The van der Waals surface area contributed by atoms with Gasteiger partial charge in [-0.2, -0.15) is 0 Å². The van der Waals surface area contributed by atoms with Crippen molar-refractivity contribution in [3.05, 3.63) is 70.0 Å². The number of hydrogen-bond donors (Lipinski definition) is 1. The summed E-state index contributed by atoms with van der Waals surface area (Å²) in [6.45, 7) is 5.95. The van der Waals surface area contributed by atoms with Gasteiger partial charge in [-0.3, -0.25) is 0 Å². The van der Waals surface area contributed by atoms with E-state index >= 15 is 0 Å². The van der Waals surface area contributed by atoms with Gasteiger partial charge in [0.05, 0.1) is 6.04 Å². The second kappa shape index (κ2) is 4.91. The van der Waals surface area contributed by atoms with E-state index in [0.717, 1.165) is 27.8 Å². The second-order valence-corrected chi connectivity index (χ2v) is 4.85. The number of halogens is 1. The SMILES string of the molecule is Cc1cc(F)cc(C(N)c2c(C)cccc2C)c1. The minimum atomic E-state index is -0.277. The van der Waals surface area contributed by atoms with Crippen molar-refractivity contribution in [1.82, 2.24) is 0 Å². The standard InChI is InChI=1S/C16H18FN/c1-10-7-13(9-14(17)8-10)16(18)15-11(2)5-4-6-12(15)3/h4-9,16H,18H2,1-3H3. The number of benzene rings is 2. The summed E-state index contributed by atoms with van der Waals surface area (Å²) in [5.41, 5.74) is 11.4. The molecule has 0 aliphatic rings. The Labute approximate surface area is 107 Å². The van der Waals surface area contributed by atoms with E-state index in [2.05, 4.69) is 0 Å². The van der Waals surface area contributed by atoms with Crippen LogP contribution in [-0.4, -0.2) is 0 Å². The van der Waals surface area contributed by atoms with Crippen LogP contribution < -0.4 is 5.73 Å². The van der Waals surface area contributed by atoms with Crippen LogP contribution in [0.3, 0.4) is 0 Å². The fourth-order valence-corrected chi connectivity index (χ4v) is 2.43. The van der Waals surface area contributed by atoms with Gasteiger partial charge in [0.25, 0.3) is 0 Å². The molecule has 2 rings (SSSR count). The quantitative estimate of drug-likeness (QED) is 0.853. The third-order valence-electron chi connectivity index (χ3n) is 3.28. The molecule has 0 bridgehead atoms. The lowest BCUT2D eigenvalue weighted by molar-refractivity contribution is 0.622. The van der Waals surface area contributed by atoms with E-state index in [1.807, 2.05) is 45.0 Å². The van der Waals surface area contributed by atoms with Gasteiger partial charge in [0.2, 0.25) is 0 Å². The van der Waals surface area contributed by atoms with Crippen LogP contribution in [0.15, 0.2) is 36.4 Å². The lowest BCUT2D eigenvalue weighted by Crippen LogP contribution is -2.15. The lowest BCUT2D eigenvalue weighted by atomic mass is 9.91. The van der Waals surface area contributed by atoms with Gasteiger partial charge >= 0.3 is 0 Å². The zero-order chi connectivity index (χ0) is 13.3. The predicted octanol–water partition coefficient (Wildman–Crippen LogP) is 3.80. The first-order valence-corrected chi connectivity index (χ1v) is 6.08. The Morgan fingerprint density at radius 1 is 1.00 bits per heavy atom. The van der Waals surface area contributed by atoms with Crippen molar-refractivity contribution in [2.75, 3.05) is 0 Å². The molecule has 2 aromatic carbocycles. The van der Waals surface area contributed by atoms with E-state index < -0.39 is 0 Å². The van der Waals surface area contributed by atoms with E-state index in [9.17, 15) is 4.39 Å². The van der Waals surface area contributed by atoms with Crippen molar-refractivity contribution in [3.8, 4) is 0 Å². The molecule has 2 N–H and O–H groups in total. The summed E-state index contributed by atoms with van der Waals surface area (Å²) >= 11 is 0. The first-order valence-electron chi connectivity index (χ1n) is 6.08. The highest BCUT2D eigenvalue weighted by Gasteiger charge is 2.14. The number of hydrogen-bond acceptors (Lipinski definition) is 1. The molecule has 1 nitrogen and oxygen atoms in total. The first kappa shape index (κ1) is 12.8. The molecule has 1 unspecified atom stereocenters. The minimum Gasteiger partial charge on any atom is -0.320 e. The van der Waals surface area contributed by atoms with Gasteiger partial charge in [-0.15, -0.1) is 0 Å².